The number of halogens is 1. The van der Waals surface area contributed by atoms with E-state index < -0.39 is 0 Å². The molecule has 0 fully saturated rings. The normalized spacial score (nSPS) is 12.0. The quantitative estimate of drug-likeness (QED) is 0.273. The van der Waals surface area contributed by atoms with Crippen molar-refractivity contribution in [1.82, 2.24) is 0 Å². The van der Waals surface area contributed by atoms with Crippen molar-refractivity contribution in [3.8, 4) is 33.4 Å². The molecule has 1 aliphatic rings. The third-order valence-electron chi connectivity index (χ3n) is 5.77. The SMILES string of the molecule is Cc1cc2c3c(cccc3c1-c1ccc(Br)cc1C(C)C)-c1ccccc1-2. The van der Waals surface area contributed by atoms with Gasteiger partial charge in [-0.2, -0.15) is 0 Å². The van der Waals surface area contributed by atoms with Gasteiger partial charge in [0.1, 0.15) is 0 Å². The van der Waals surface area contributed by atoms with E-state index in [1.54, 1.807) is 0 Å². The predicted octanol–water partition coefficient (Wildman–Crippen LogP) is 8.35. The van der Waals surface area contributed by atoms with Crippen molar-refractivity contribution in [1.29, 1.82) is 0 Å². The zero-order valence-electron chi connectivity index (χ0n) is 15.8. The Morgan fingerprint density at radius 1 is 0.704 bits per heavy atom. The summed E-state index contributed by atoms with van der Waals surface area (Å²) in [6.45, 7) is 6.80. The summed E-state index contributed by atoms with van der Waals surface area (Å²) >= 11 is 3.66. The Morgan fingerprint density at radius 2 is 1.41 bits per heavy atom. The molecule has 132 valence electrons. The molecular formula is C26H21Br. The highest BCUT2D eigenvalue weighted by molar-refractivity contribution is 9.10. The van der Waals surface area contributed by atoms with Crippen LogP contribution in [-0.4, -0.2) is 0 Å². The molecule has 1 aliphatic carbocycles. The molecule has 0 bridgehead atoms. The smallest absolute Gasteiger partial charge is 0.0178 e. The second-order valence-electron chi connectivity index (χ2n) is 7.78. The first-order valence-electron chi connectivity index (χ1n) is 9.52. The fraction of sp³-hybridized carbons (Fsp3) is 0.154. The van der Waals surface area contributed by atoms with E-state index in [4.69, 9.17) is 0 Å². The molecule has 4 aromatic rings. The fourth-order valence-corrected chi connectivity index (χ4v) is 4.99. The van der Waals surface area contributed by atoms with E-state index in [0.717, 1.165) is 4.47 Å². The van der Waals surface area contributed by atoms with Gasteiger partial charge in [0.25, 0.3) is 0 Å². The van der Waals surface area contributed by atoms with Crippen molar-refractivity contribution < 1.29 is 0 Å². The standard InChI is InChI=1S/C26H21Br/c1-15(2)23-14-17(27)11-12-21(23)25-16(3)13-24-19-8-5-4-7-18(19)20-9-6-10-22(25)26(20)24/h4-15H,1-3H3. The number of fused-ring (bicyclic) bond motifs is 3. The van der Waals surface area contributed by atoms with Crippen LogP contribution in [0.25, 0.3) is 44.2 Å². The first kappa shape index (κ1) is 16.8. The summed E-state index contributed by atoms with van der Waals surface area (Å²) in [5.74, 6) is 0.470. The maximum atomic E-state index is 3.66. The summed E-state index contributed by atoms with van der Waals surface area (Å²) in [5.41, 5.74) is 10.9. The Labute approximate surface area is 169 Å². The molecule has 0 saturated heterocycles. The maximum absolute atomic E-state index is 3.66. The highest BCUT2D eigenvalue weighted by Crippen LogP contribution is 2.50. The lowest BCUT2D eigenvalue weighted by Gasteiger charge is -2.19. The lowest BCUT2D eigenvalue weighted by Crippen LogP contribution is -1.96. The van der Waals surface area contributed by atoms with Crippen molar-refractivity contribution in [3.63, 3.8) is 0 Å². The molecule has 0 spiro atoms. The minimum Gasteiger partial charge on any atom is -0.0616 e. The number of benzene rings is 4. The van der Waals surface area contributed by atoms with E-state index >= 15 is 0 Å². The van der Waals surface area contributed by atoms with Gasteiger partial charge in [0, 0.05) is 4.47 Å². The highest BCUT2D eigenvalue weighted by atomic mass is 79.9. The van der Waals surface area contributed by atoms with E-state index in [1.807, 2.05) is 0 Å². The van der Waals surface area contributed by atoms with Crippen LogP contribution in [-0.2, 0) is 0 Å². The molecule has 0 unspecified atom stereocenters. The Balaban J connectivity index is 1.91. The summed E-state index contributed by atoms with van der Waals surface area (Å²) in [6, 6.07) is 24.7. The van der Waals surface area contributed by atoms with Crippen molar-refractivity contribution >= 4 is 26.7 Å². The predicted molar refractivity (Wildman–Crippen MR) is 120 cm³/mol. The Kier molecular flexibility index (Phi) is 3.77. The van der Waals surface area contributed by atoms with Gasteiger partial charge in [0.05, 0.1) is 0 Å². The van der Waals surface area contributed by atoms with Crippen molar-refractivity contribution in [2.75, 3.05) is 0 Å². The molecule has 0 atom stereocenters. The molecule has 27 heavy (non-hydrogen) atoms. The summed E-state index contributed by atoms with van der Waals surface area (Å²) in [4.78, 5) is 0. The van der Waals surface area contributed by atoms with Gasteiger partial charge in [-0.1, -0.05) is 84.4 Å². The summed E-state index contributed by atoms with van der Waals surface area (Å²) in [6.07, 6.45) is 0. The molecule has 5 rings (SSSR count). The third-order valence-corrected chi connectivity index (χ3v) is 6.26. The average Bonchev–Trinajstić information content (AvgIpc) is 2.98. The molecule has 0 aliphatic heterocycles. The highest BCUT2D eigenvalue weighted by Gasteiger charge is 2.24. The minimum atomic E-state index is 0.470. The number of rotatable bonds is 2. The average molecular weight is 413 g/mol. The summed E-state index contributed by atoms with van der Waals surface area (Å²) in [5, 5.41) is 2.76. The van der Waals surface area contributed by atoms with Crippen LogP contribution in [0, 0.1) is 6.92 Å². The maximum Gasteiger partial charge on any atom is 0.0178 e. The van der Waals surface area contributed by atoms with Gasteiger partial charge in [-0.25, -0.2) is 0 Å². The molecule has 0 radical (unpaired) electrons. The van der Waals surface area contributed by atoms with Crippen molar-refractivity contribution in [2.24, 2.45) is 0 Å². The van der Waals surface area contributed by atoms with Crippen LogP contribution in [0.4, 0.5) is 0 Å². The van der Waals surface area contributed by atoms with E-state index in [1.165, 1.54) is 55.3 Å². The lowest BCUT2D eigenvalue weighted by molar-refractivity contribution is 0.868. The van der Waals surface area contributed by atoms with Gasteiger partial charge < -0.3 is 0 Å². The fourth-order valence-electron chi connectivity index (χ4n) is 4.61. The largest absolute Gasteiger partial charge is 0.0616 e. The monoisotopic (exact) mass is 412 g/mol. The summed E-state index contributed by atoms with van der Waals surface area (Å²) in [7, 11) is 0. The number of hydrogen-bond acceptors (Lipinski definition) is 0. The van der Waals surface area contributed by atoms with Gasteiger partial charge in [0.15, 0.2) is 0 Å². The van der Waals surface area contributed by atoms with Crippen LogP contribution >= 0.6 is 15.9 Å². The Morgan fingerprint density at radius 3 is 2.15 bits per heavy atom. The zero-order valence-corrected chi connectivity index (χ0v) is 17.4. The zero-order chi connectivity index (χ0) is 18.7. The molecule has 1 heteroatoms. The van der Waals surface area contributed by atoms with Crippen LogP contribution in [0.15, 0.2) is 71.2 Å². The second kappa shape index (κ2) is 6.07. The summed E-state index contributed by atoms with van der Waals surface area (Å²) < 4.78 is 1.14. The van der Waals surface area contributed by atoms with Crippen molar-refractivity contribution in [3.05, 3.63) is 82.3 Å². The first-order chi connectivity index (χ1) is 13.1. The first-order valence-corrected chi connectivity index (χ1v) is 10.3. The third kappa shape index (κ3) is 2.41. The molecule has 0 amide bonds. The van der Waals surface area contributed by atoms with Crippen LogP contribution in [0.2, 0.25) is 0 Å². The van der Waals surface area contributed by atoms with Gasteiger partial charge in [-0.05, 0) is 80.3 Å². The number of aryl methyl sites for hydroxylation is 1. The molecular weight excluding hydrogens is 392 g/mol. The van der Waals surface area contributed by atoms with Gasteiger partial charge in [-0.3, -0.25) is 0 Å². The van der Waals surface area contributed by atoms with E-state index in [-0.39, 0.29) is 0 Å². The van der Waals surface area contributed by atoms with Gasteiger partial charge in [-0.15, -0.1) is 0 Å². The molecule has 0 aromatic heterocycles. The van der Waals surface area contributed by atoms with E-state index in [2.05, 4.69) is 103 Å². The van der Waals surface area contributed by atoms with Gasteiger partial charge in [0.2, 0.25) is 0 Å². The van der Waals surface area contributed by atoms with E-state index in [9.17, 15) is 0 Å². The second-order valence-corrected chi connectivity index (χ2v) is 8.69. The molecule has 4 aromatic carbocycles. The van der Waals surface area contributed by atoms with Crippen LogP contribution in [0.5, 0.6) is 0 Å². The Hall–Kier alpha value is -2.38. The molecule has 0 heterocycles. The van der Waals surface area contributed by atoms with Gasteiger partial charge >= 0.3 is 0 Å². The molecule has 0 nitrogen and oxygen atoms in total. The minimum absolute atomic E-state index is 0.470. The topological polar surface area (TPSA) is 0 Å². The Bertz CT molecular complexity index is 1210. The van der Waals surface area contributed by atoms with Crippen molar-refractivity contribution in [2.45, 2.75) is 26.7 Å². The lowest BCUT2D eigenvalue weighted by atomic mass is 9.86. The molecule has 0 saturated carbocycles. The van der Waals surface area contributed by atoms with Crippen LogP contribution in [0.3, 0.4) is 0 Å². The van der Waals surface area contributed by atoms with Crippen LogP contribution < -0.4 is 0 Å². The molecule has 0 N–H and O–H groups in total. The number of hydrogen-bond donors (Lipinski definition) is 0. The van der Waals surface area contributed by atoms with Crippen LogP contribution in [0.1, 0.15) is 30.9 Å². The van der Waals surface area contributed by atoms with E-state index in [0.29, 0.717) is 5.92 Å².